The van der Waals surface area contributed by atoms with E-state index < -0.39 is 16.0 Å². The summed E-state index contributed by atoms with van der Waals surface area (Å²) in [4.78, 5) is 10.9. The van der Waals surface area contributed by atoms with E-state index >= 15 is 0 Å². The zero-order chi connectivity index (χ0) is 13.2. The Bertz CT molecular complexity index is 538. The lowest BCUT2D eigenvalue weighted by Crippen LogP contribution is -2.25. The molecule has 1 rings (SSSR count). The molecule has 0 heterocycles. The molecule has 17 heavy (non-hydrogen) atoms. The van der Waals surface area contributed by atoms with Crippen LogP contribution in [0.1, 0.15) is 10.4 Å². The summed E-state index contributed by atoms with van der Waals surface area (Å²) in [5, 5.41) is 8.89. The van der Waals surface area contributed by atoms with E-state index in [4.69, 9.17) is 9.84 Å². The van der Waals surface area contributed by atoms with Gasteiger partial charge < -0.3 is 9.84 Å². The maximum atomic E-state index is 11.4. The molecule has 1 aromatic rings. The third-order valence-corrected chi connectivity index (χ3v) is 3.44. The second-order valence-corrected chi connectivity index (χ2v) is 5.47. The van der Waals surface area contributed by atoms with Crippen molar-refractivity contribution >= 4 is 21.7 Å². The molecule has 94 valence electrons. The number of hydrogen-bond acceptors (Lipinski definition) is 4. The Morgan fingerprint density at radius 2 is 1.94 bits per heavy atom. The number of sulfonamides is 1. The van der Waals surface area contributed by atoms with E-state index in [-0.39, 0.29) is 17.0 Å². The molecule has 0 aliphatic carbocycles. The van der Waals surface area contributed by atoms with Crippen LogP contribution in [0.5, 0.6) is 5.75 Å². The molecule has 0 bridgehead atoms. The molecule has 0 aliphatic rings. The third kappa shape index (κ3) is 3.10. The molecule has 0 spiro atoms. The summed E-state index contributed by atoms with van der Waals surface area (Å²) < 4.78 is 28.6. The van der Waals surface area contributed by atoms with E-state index in [1.54, 1.807) is 0 Å². The molecule has 0 fully saturated rings. The van der Waals surface area contributed by atoms with Crippen LogP contribution in [0, 0.1) is 0 Å². The Balaban J connectivity index is 3.34. The Morgan fingerprint density at radius 1 is 1.35 bits per heavy atom. The largest absolute Gasteiger partial charge is 0.497 e. The van der Waals surface area contributed by atoms with Gasteiger partial charge in [-0.1, -0.05) is 0 Å². The Labute approximate surface area is 99.5 Å². The predicted octanol–water partition coefficient (Wildman–Crippen LogP) is 0.789. The molecule has 0 unspecified atom stereocenters. The van der Waals surface area contributed by atoms with E-state index in [9.17, 15) is 13.2 Å². The molecule has 7 heteroatoms. The molecule has 6 nitrogen and oxygen atoms in total. The van der Waals surface area contributed by atoms with Gasteiger partial charge in [0.05, 0.1) is 24.6 Å². The smallest absolute Gasteiger partial charge is 0.335 e. The summed E-state index contributed by atoms with van der Waals surface area (Å²) in [6.45, 7) is 0. The fourth-order valence-electron chi connectivity index (χ4n) is 1.20. The van der Waals surface area contributed by atoms with Crippen LogP contribution in [0.2, 0.25) is 0 Å². The number of nitrogens with zero attached hydrogens (tertiary/aromatic N) is 1. The van der Waals surface area contributed by atoms with Crippen molar-refractivity contribution in [1.29, 1.82) is 0 Å². The van der Waals surface area contributed by atoms with Crippen molar-refractivity contribution in [3.8, 4) is 5.75 Å². The SMILES string of the molecule is COc1cc(C(=O)O)cc(N(C)S(C)(=O)=O)c1. The van der Waals surface area contributed by atoms with E-state index in [0.29, 0.717) is 0 Å². The highest BCUT2D eigenvalue weighted by atomic mass is 32.2. The van der Waals surface area contributed by atoms with Gasteiger partial charge in [0.1, 0.15) is 5.75 Å². The molecular weight excluding hydrogens is 246 g/mol. The van der Waals surface area contributed by atoms with E-state index in [2.05, 4.69) is 0 Å². The number of carboxylic acids is 1. The first-order valence-corrected chi connectivity index (χ1v) is 6.47. The van der Waals surface area contributed by atoms with Crippen LogP contribution in [-0.4, -0.2) is 39.9 Å². The van der Waals surface area contributed by atoms with Crippen LogP contribution in [-0.2, 0) is 10.0 Å². The van der Waals surface area contributed by atoms with Gasteiger partial charge in [-0.3, -0.25) is 4.31 Å². The lowest BCUT2D eigenvalue weighted by atomic mass is 10.2. The van der Waals surface area contributed by atoms with E-state index in [0.717, 1.165) is 10.6 Å². The highest BCUT2D eigenvalue weighted by Crippen LogP contribution is 2.24. The van der Waals surface area contributed by atoms with Gasteiger partial charge in [-0.15, -0.1) is 0 Å². The minimum Gasteiger partial charge on any atom is -0.497 e. The van der Waals surface area contributed by atoms with Gasteiger partial charge in [0, 0.05) is 13.1 Å². The molecular formula is C10H13NO5S. The lowest BCUT2D eigenvalue weighted by Gasteiger charge is -2.17. The Morgan fingerprint density at radius 3 is 2.35 bits per heavy atom. The average molecular weight is 259 g/mol. The first-order chi connectivity index (χ1) is 7.75. The average Bonchev–Trinajstić information content (AvgIpc) is 2.26. The quantitative estimate of drug-likeness (QED) is 0.864. The maximum Gasteiger partial charge on any atom is 0.335 e. The molecule has 0 amide bonds. The zero-order valence-corrected chi connectivity index (χ0v) is 10.5. The fourth-order valence-corrected chi connectivity index (χ4v) is 1.69. The van der Waals surface area contributed by atoms with Crippen LogP contribution in [0.4, 0.5) is 5.69 Å². The van der Waals surface area contributed by atoms with Gasteiger partial charge in [-0.05, 0) is 12.1 Å². The number of hydrogen-bond donors (Lipinski definition) is 1. The number of benzene rings is 1. The van der Waals surface area contributed by atoms with Gasteiger partial charge in [0.15, 0.2) is 0 Å². The van der Waals surface area contributed by atoms with Crippen LogP contribution >= 0.6 is 0 Å². The minimum absolute atomic E-state index is 0.0325. The van der Waals surface area contributed by atoms with Crippen molar-refractivity contribution in [2.75, 3.05) is 24.7 Å². The van der Waals surface area contributed by atoms with Crippen molar-refractivity contribution in [2.24, 2.45) is 0 Å². The number of carbonyl (C=O) groups is 1. The summed E-state index contributed by atoms with van der Waals surface area (Å²) in [6, 6.07) is 4.04. The van der Waals surface area contributed by atoms with Gasteiger partial charge in [-0.2, -0.15) is 0 Å². The third-order valence-electron chi connectivity index (χ3n) is 2.24. The van der Waals surface area contributed by atoms with Crippen molar-refractivity contribution in [1.82, 2.24) is 0 Å². The van der Waals surface area contributed by atoms with Crippen LogP contribution in [0.25, 0.3) is 0 Å². The lowest BCUT2D eigenvalue weighted by molar-refractivity contribution is 0.0696. The summed E-state index contributed by atoms with van der Waals surface area (Å²) in [6.07, 6.45) is 1.03. The monoisotopic (exact) mass is 259 g/mol. The first kappa shape index (κ1) is 13.3. The predicted molar refractivity (Wildman–Crippen MR) is 63.2 cm³/mol. The van der Waals surface area contributed by atoms with Crippen molar-refractivity contribution < 1.29 is 23.1 Å². The van der Waals surface area contributed by atoms with Crippen molar-refractivity contribution in [3.05, 3.63) is 23.8 Å². The topological polar surface area (TPSA) is 83.9 Å². The van der Waals surface area contributed by atoms with Crippen LogP contribution in [0.3, 0.4) is 0 Å². The van der Waals surface area contributed by atoms with Gasteiger partial charge >= 0.3 is 5.97 Å². The highest BCUT2D eigenvalue weighted by molar-refractivity contribution is 7.92. The molecule has 0 aliphatic heterocycles. The number of anilines is 1. The van der Waals surface area contributed by atoms with Crippen molar-refractivity contribution in [3.63, 3.8) is 0 Å². The summed E-state index contributed by atoms with van der Waals surface area (Å²) in [5.41, 5.74) is 0.208. The second kappa shape index (κ2) is 4.62. The Hall–Kier alpha value is -1.76. The number of ether oxygens (including phenoxy) is 1. The van der Waals surface area contributed by atoms with Crippen LogP contribution in [0.15, 0.2) is 18.2 Å². The first-order valence-electron chi connectivity index (χ1n) is 4.62. The fraction of sp³-hybridized carbons (Fsp3) is 0.300. The van der Waals surface area contributed by atoms with E-state index in [1.165, 1.54) is 32.4 Å². The maximum absolute atomic E-state index is 11.4. The number of methoxy groups -OCH3 is 1. The molecule has 0 saturated carbocycles. The summed E-state index contributed by atoms with van der Waals surface area (Å²) in [5.74, 6) is -0.859. The standard InChI is InChI=1S/C10H13NO5S/c1-11(17(3,14)15)8-4-7(10(12)13)5-9(6-8)16-2/h4-6H,1-3H3,(H,12,13). The molecule has 1 N–H and O–H groups in total. The summed E-state index contributed by atoms with van der Waals surface area (Å²) >= 11 is 0. The minimum atomic E-state index is -3.44. The normalized spacial score (nSPS) is 11.0. The number of carboxylic acid groups (broad SMARTS) is 1. The number of aromatic carboxylic acids is 1. The van der Waals surface area contributed by atoms with Crippen molar-refractivity contribution in [2.45, 2.75) is 0 Å². The summed E-state index contributed by atoms with van der Waals surface area (Å²) in [7, 11) is -0.715. The molecule has 0 radical (unpaired) electrons. The van der Waals surface area contributed by atoms with E-state index in [1.807, 2.05) is 0 Å². The number of rotatable bonds is 4. The van der Waals surface area contributed by atoms with Crippen LogP contribution < -0.4 is 9.04 Å². The molecule has 1 aromatic carbocycles. The second-order valence-electron chi connectivity index (χ2n) is 3.46. The molecule has 0 atom stereocenters. The van der Waals surface area contributed by atoms with Gasteiger partial charge in [0.25, 0.3) is 0 Å². The zero-order valence-electron chi connectivity index (χ0n) is 9.67. The highest BCUT2D eigenvalue weighted by Gasteiger charge is 2.15. The Kier molecular flexibility index (Phi) is 3.62. The molecule has 0 saturated heterocycles. The van der Waals surface area contributed by atoms with Gasteiger partial charge in [0.2, 0.25) is 10.0 Å². The molecule has 0 aromatic heterocycles. The van der Waals surface area contributed by atoms with Gasteiger partial charge in [-0.25, -0.2) is 13.2 Å².